The molecular formula is C14H17NO2. The van der Waals surface area contributed by atoms with Gasteiger partial charge in [-0.3, -0.25) is 5.32 Å². The predicted molar refractivity (Wildman–Crippen MR) is 69.3 cm³/mol. The number of fused-ring (bicyclic) bond motifs is 1. The Labute approximate surface area is 101 Å². The Kier molecular flexibility index (Phi) is 3.96. The highest BCUT2D eigenvalue weighted by molar-refractivity contribution is 5.84. The quantitative estimate of drug-likeness (QED) is 0.610. The molecule has 0 amide bonds. The summed E-state index contributed by atoms with van der Waals surface area (Å²) >= 11 is 0. The zero-order chi connectivity index (χ0) is 12.1. The van der Waals surface area contributed by atoms with Crippen LogP contribution in [-0.4, -0.2) is 25.5 Å². The van der Waals surface area contributed by atoms with E-state index in [1.165, 1.54) is 16.3 Å². The average Bonchev–Trinajstić information content (AvgIpc) is 2.38. The molecule has 0 saturated heterocycles. The normalized spacial score (nSPS) is 10.7. The maximum absolute atomic E-state index is 8.65. The van der Waals surface area contributed by atoms with Crippen molar-refractivity contribution < 1.29 is 9.84 Å². The Morgan fingerprint density at radius 3 is 2.65 bits per heavy atom. The molecule has 0 saturated carbocycles. The molecule has 2 N–H and O–H groups in total. The summed E-state index contributed by atoms with van der Waals surface area (Å²) in [5.74, 6) is 0.882. The molecule has 17 heavy (non-hydrogen) atoms. The van der Waals surface area contributed by atoms with Crippen LogP contribution in [0.15, 0.2) is 36.4 Å². The first-order chi connectivity index (χ1) is 8.33. The Balaban J connectivity index is 2.19. The molecule has 0 aliphatic heterocycles. The number of aliphatic hydroxyl groups is 1. The number of nitrogens with one attached hydrogen (secondary N) is 1. The molecule has 0 radical (unpaired) electrons. The molecule has 3 heteroatoms. The molecule has 2 rings (SSSR count). The van der Waals surface area contributed by atoms with Crippen LogP contribution in [0.1, 0.15) is 5.56 Å². The van der Waals surface area contributed by atoms with Gasteiger partial charge in [0.05, 0.1) is 13.8 Å². The lowest BCUT2D eigenvalue weighted by molar-refractivity contribution is 0.262. The third-order valence-electron chi connectivity index (χ3n) is 2.81. The van der Waals surface area contributed by atoms with Gasteiger partial charge in [0, 0.05) is 6.54 Å². The molecule has 2 aromatic rings. The van der Waals surface area contributed by atoms with Crippen molar-refractivity contribution in [3.8, 4) is 5.75 Å². The van der Waals surface area contributed by atoms with Crippen molar-refractivity contribution in [1.82, 2.24) is 5.32 Å². The molecule has 0 heterocycles. The van der Waals surface area contributed by atoms with Gasteiger partial charge in [0.1, 0.15) is 5.75 Å². The van der Waals surface area contributed by atoms with Crippen molar-refractivity contribution in [2.24, 2.45) is 0 Å². The summed E-state index contributed by atoms with van der Waals surface area (Å²) in [4.78, 5) is 0. The number of hydrogen-bond acceptors (Lipinski definition) is 3. The van der Waals surface area contributed by atoms with Crippen molar-refractivity contribution in [3.05, 3.63) is 42.0 Å². The summed E-state index contributed by atoms with van der Waals surface area (Å²) < 4.78 is 5.19. The average molecular weight is 231 g/mol. The van der Waals surface area contributed by atoms with Crippen molar-refractivity contribution in [2.45, 2.75) is 6.42 Å². The predicted octanol–water partition coefficient (Wildman–Crippen LogP) is 1.93. The van der Waals surface area contributed by atoms with Crippen LogP contribution in [0, 0.1) is 0 Å². The fraction of sp³-hybridized carbons (Fsp3) is 0.286. The lowest BCUT2D eigenvalue weighted by atomic mass is 10.0. The summed E-state index contributed by atoms with van der Waals surface area (Å²) in [6, 6.07) is 12.5. The van der Waals surface area contributed by atoms with E-state index in [4.69, 9.17) is 9.84 Å². The Hall–Kier alpha value is -1.58. The van der Waals surface area contributed by atoms with Gasteiger partial charge in [-0.05, 0) is 34.9 Å². The molecule has 3 nitrogen and oxygen atoms in total. The standard InChI is InChI=1S/C14H17NO2/c1-17-14-5-4-12-8-11(6-7-15-10-16)2-3-13(12)9-14/h2-5,8-9,15-16H,6-7,10H2,1H3. The summed E-state index contributed by atoms with van der Waals surface area (Å²) in [6.45, 7) is 0.822. The molecule has 0 aromatic heterocycles. The first kappa shape index (κ1) is 11.9. The molecule has 2 aromatic carbocycles. The topological polar surface area (TPSA) is 41.5 Å². The van der Waals surface area contributed by atoms with Crippen LogP contribution in [0.2, 0.25) is 0 Å². The highest BCUT2D eigenvalue weighted by Crippen LogP contribution is 2.21. The lowest BCUT2D eigenvalue weighted by Crippen LogP contribution is -2.17. The Morgan fingerprint density at radius 2 is 1.88 bits per heavy atom. The van der Waals surface area contributed by atoms with Crippen molar-refractivity contribution in [3.63, 3.8) is 0 Å². The van der Waals surface area contributed by atoms with E-state index in [9.17, 15) is 0 Å². The smallest absolute Gasteiger partial charge is 0.119 e. The minimum atomic E-state index is 0.0325. The van der Waals surface area contributed by atoms with Crippen LogP contribution < -0.4 is 10.1 Å². The van der Waals surface area contributed by atoms with Gasteiger partial charge in [-0.2, -0.15) is 0 Å². The number of aliphatic hydroxyl groups excluding tert-OH is 1. The second-order valence-electron chi connectivity index (χ2n) is 3.96. The maximum atomic E-state index is 8.65. The zero-order valence-electron chi connectivity index (χ0n) is 9.94. The highest BCUT2D eigenvalue weighted by Gasteiger charge is 1.98. The minimum Gasteiger partial charge on any atom is -0.497 e. The number of methoxy groups -OCH3 is 1. The third kappa shape index (κ3) is 2.96. The van der Waals surface area contributed by atoms with Crippen molar-refractivity contribution in [2.75, 3.05) is 20.4 Å². The maximum Gasteiger partial charge on any atom is 0.119 e. The van der Waals surface area contributed by atoms with E-state index in [-0.39, 0.29) is 6.73 Å². The van der Waals surface area contributed by atoms with Gasteiger partial charge >= 0.3 is 0 Å². The molecule has 0 unspecified atom stereocenters. The fourth-order valence-corrected chi connectivity index (χ4v) is 1.87. The van der Waals surface area contributed by atoms with Gasteiger partial charge in [-0.15, -0.1) is 0 Å². The van der Waals surface area contributed by atoms with Crippen molar-refractivity contribution in [1.29, 1.82) is 0 Å². The van der Waals surface area contributed by atoms with Crippen LogP contribution in [0.3, 0.4) is 0 Å². The van der Waals surface area contributed by atoms with E-state index >= 15 is 0 Å². The van der Waals surface area contributed by atoms with E-state index in [2.05, 4.69) is 29.6 Å². The number of hydrogen-bond donors (Lipinski definition) is 2. The summed E-state index contributed by atoms with van der Waals surface area (Å²) in [6.07, 6.45) is 0.919. The first-order valence-corrected chi connectivity index (χ1v) is 5.72. The Bertz CT molecular complexity index is 497. The van der Waals surface area contributed by atoms with Crippen LogP contribution in [0.4, 0.5) is 0 Å². The molecule has 0 bridgehead atoms. The van der Waals surface area contributed by atoms with E-state index in [1.807, 2.05) is 12.1 Å². The van der Waals surface area contributed by atoms with Gasteiger partial charge in [0.15, 0.2) is 0 Å². The van der Waals surface area contributed by atoms with Crippen LogP contribution >= 0.6 is 0 Å². The van der Waals surface area contributed by atoms with Gasteiger partial charge in [0.25, 0.3) is 0 Å². The van der Waals surface area contributed by atoms with Crippen molar-refractivity contribution >= 4 is 10.8 Å². The molecule has 0 spiro atoms. The first-order valence-electron chi connectivity index (χ1n) is 5.72. The fourth-order valence-electron chi connectivity index (χ4n) is 1.87. The zero-order valence-corrected chi connectivity index (χ0v) is 9.94. The molecule has 0 aliphatic rings. The van der Waals surface area contributed by atoms with Gasteiger partial charge < -0.3 is 9.84 Å². The van der Waals surface area contributed by atoms with Crippen LogP contribution in [0.5, 0.6) is 5.75 Å². The lowest BCUT2D eigenvalue weighted by Gasteiger charge is -2.06. The molecule has 0 aliphatic carbocycles. The number of rotatable bonds is 5. The second-order valence-corrected chi connectivity index (χ2v) is 3.96. The Morgan fingerprint density at radius 1 is 1.12 bits per heavy atom. The summed E-state index contributed by atoms with van der Waals surface area (Å²) in [5.41, 5.74) is 1.27. The van der Waals surface area contributed by atoms with Crippen LogP contribution in [-0.2, 0) is 6.42 Å². The summed E-state index contributed by atoms with van der Waals surface area (Å²) in [7, 11) is 1.68. The second kappa shape index (κ2) is 5.66. The third-order valence-corrected chi connectivity index (χ3v) is 2.81. The van der Waals surface area contributed by atoms with E-state index in [0.717, 1.165) is 18.7 Å². The molecule has 0 atom stereocenters. The van der Waals surface area contributed by atoms with E-state index < -0.39 is 0 Å². The largest absolute Gasteiger partial charge is 0.497 e. The molecular weight excluding hydrogens is 214 g/mol. The molecule has 0 fully saturated rings. The monoisotopic (exact) mass is 231 g/mol. The number of benzene rings is 2. The summed E-state index contributed by atoms with van der Waals surface area (Å²) in [5, 5.41) is 13.9. The minimum absolute atomic E-state index is 0.0325. The van der Waals surface area contributed by atoms with E-state index in [1.54, 1.807) is 7.11 Å². The van der Waals surface area contributed by atoms with Gasteiger partial charge in [-0.25, -0.2) is 0 Å². The van der Waals surface area contributed by atoms with Crippen LogP contribution in [0.25, 0.3) is 10.8 Å². The molecule has 90 valence electrons. The highest BCUT2D eigenvalue weighted by atomic mass is 16.5. The van der Waals surface area contributed by atoms with E-state index in [0.29, 0.717) is 0 Å². The number of ether oxygens (including phenoxy) is 1. The SMILES string of the molecule is COc1ccc2cc(CCNCO)ccc2c1. The van der Waals surface area contributed by atoms with Gasteiger partial charge in [0.2, 0.25) is 0 Å². The van der Waals surface area contributed by atoms with Gasteiger partial charge in [-0.1, -0.05) is 24.3 Å².